The molecule has 7 heteroatoms. The predicted octanol–water partition coefficient (Wildman–Crippen LogP) is 3.95. The molecular weight excluding hydrogens is 354 g/mol. The van der Waals surface area contributed by atoms with Gasteiger partial charge in [-0.2, -0.15) is 5.26 Å². The third-order valence-electron chi connectivity index (χ3n) is 4.15. The number of rotatable bonds is 4. The molecule has 0 spiro atoms. The van der Waals surface area contributed by atoms with Gasteiger partial charge < -0.3 is 14.5 Å². The highest BCUT2D eigenvalue weighted by molar-refractivity contribution is 6.03. The highest BCUT2D eigenvalue weighted by Crippen LogP contribution is 2.27. The van der Waals surface area contributed by atoms with Gasteiger partial charge in [0.2, 0.25) is 5.88 Å². The van der Waals surface area contributed by atoms with E-state index >= 15 is 0 Å². The smallest absolute Gasteiger partial charge is 0.275 e. The van der Waals surface area contributed by atoms with E-state index < -0.39 is 0 Å². The van der Waals surface area contributed by atoms with E-state index in [1.807, 2.05) is 37.4 Å². The van der Waals surface area contributed by atoms with Crippen LogP contribution in [-0.2, 0) is 0 Å². The van der Waals surface area contributed by atoms with E-state index in [0.717, 1.165) is 5.56 Å². The molecular formula is C21H15N5O2. The number of benzene rings is 1. The minimum atomic E-state index is -0.294. The molecule has 0 unspecified atom stereocenters. The second-order valence-electron chi connectivity index (χ2n) is 6.09. The molecule has 1 N–H and O–H groups in total. The van der Waals surface area contributed by atoms with Crippen LogP contribution in [0, 0.1) is 18.3 Å². The largest absolute Gasteiger partial charge is 0.438 e. The molecule has 0 atom stereocenters. The van der Waals surface area contributed by atoms with Crippen molar-refractivity contribution < 1.29 is 9.53 Å². The minimum Gasteiger partial charge on any atom is -0.438 e. The summed E-state index contributed by atoms with van der Waals surface area (Å²) in [6.07, 6.45) is 5.08. The Morgan fingerprint density at radius 1 is 1.21 bits per heavy atom. The molecule has 136 valence electrons. The summed E-state index contributed by atoms with van der Waals surface area (Å²) in [7, 11) is 0. The summed E-state index contributed by atoms with van der Waals surface area (Å²) in [4.78, 5) is 20.9. The number of aromatic nitrogens is 3. The van der Waals surface area contributed by atoms with Gasteiger partial charge in [-0.15, -0.1) is 0 Å². The Hall–Kier alpha value is -4.18. The van der Waals surface area contributed by atoms with Gasteiger partial charge in [0, 0.05) is 24.3 Å². The van der Waals surface area contributed by atoms with Crippen LogP contribution >= 0.6 is 0 Å². The van der Waals surface area contributed by atoms with Crippen LogP contribution in [0.25, 0.3) is 5.65 Å². The van der Waals surface area contributed by atoms with Gasteiger partial charge in [-0.1, -0.05) is 6.07 Å². The number of pyridine rings is 2. The summed E-state index contributed by atoms with van der Waals surface area (Å²) >= 11 is 0. The molecule has 3 heterocycles. The first kappa shape index (κ1) is 17.2. The first-order valence-electron chi connectivity index (χ1n) is 8.53. The first-order valence-corrected chi connectivity index (χ1v) is 8.53. The fraction of sp³-hybridized carbons (Fsp3) is 0.0476. The van der Waals surface area contributed by atoms with Gasteiger partial charge in [0.05, 0.1) is 0 Å². The summed E-state index contributed by atoms with van der Waals surface area (Å²) in [5.74, 6) is 0.473. The van der Waals surface area contributed by atoms with Gasteiger partial charge >= 0.3 is 0 Å². The van der Waals surface area contributed by atoms with Crippen LogP contribution in [0.15, 0.2) is 67.1 Å². The van der Waals surface area contributed by atoms with Crippen LogP contribution in [0.5, 0.6) is 11.6 Å². The van der Waals surface area contributed by atoms with Crippen molar-refractivity contribution in [2.75, 3.05) is 5.32 Å². The van der Waals surface area contributed by atoms with E-state index in [2.05, 4.69) is 15.3 Å². The van der Waals surface area contributed by atoms with E-state index in [9.17, 15) is 4.79 Å². The Labute approximate surface area is 160 Å². The van der Waals surface area contributed by atoms with Gasteiger partial charge in [0.1, 0.15) is 28.7 Å². The van der Waals surface area contributed by atoms with Crippen LogP contribution < -0.4 is 10.1 Å². The molecule has 28 heavy (non-hydrogen) atoms. The van der Waals surface area contributed by atoms with Crippen molar-refractivity contribution in [1.82, 2.24) is 14.4 Å². The Kier molecular flexibility index (Phi) is 4.44. The second kappa shape index (κ2) is 7.21. The van der Waals surface area contributed by atoms with Crippen molar-refractivity contribution in [2.45, 2.75) is 6.92 Å². The Bertz CT molecular complexity index is 1190. The van der Waals surface area contributed by atoms with Crippen molar-refractivity contribution in [3.8, 4) is 17.7 Å². The lowest BCUT2D eigenvalue weighted by Gasteiger charge is -2.10. The number of aryl methyl sites for hydroxylation is 1. The minimum absolute atomic E-state index is 0.242. The monoisotopic (exact) mass is 369 g/mol. The number of imidazole rings is 1. The molecule has 1 amide bonds. The number of hydrogen-bond acceptors (Lipinski definition) is 5. The lowest BCUT2D eigenvalue weighted by Crippen LogP contribution is -2.13. The highest BCUT2D eigenvalue weighted by Gasteiger charge is 2.13. The maximum Gasteiger partial charge on any atom is 0.275 e. The maximum absolute atomic E-state index is 12.5. The SMILES string of the molecule is Cc1cc(Oc2ncccc2C#N)ccc1NC(=O)c1cn2ccccc2n1. The molecule has 0 bridgehead atoms. The third kappa shape index (κ3) is 3.39. The van der Waals surface area contributed by atoms with Gasteiger partial charge in [0.15, 0.2) is 0 Å². The van der Waals surface area contributed by atoms with Crippen LogP contribution in [0.1, 0.15) is 21.6 Å². The fourth-order valence-corrected chi connectivity index (χ4v) is 2.74. The summed E-state index contributed by atoms with van der Waals surface area (Å²) in [6.45, 7) is 1.86. The Morgan fingerprint density at radius 2 is 2.11 bits per heavy atom. The molecule has 3 aromatic heterocycles. The average molecular weight is 369 g/mol. The number of ether oxygens (including phenoxy) is 1. The van der Waals surface area contributed by atoms with Crippen molar-refractivity contribution in [3.05, 3.63) is 83.9 Å². The van der Waals surface area contributed by atoms with Crippen LogP contribution in [0.4, 0.5) is 5.69 Å². The van der Waals surface area contributed by atoms with Crippen molar-refractivity contribution in [1.29, 1.82) is 5.26 Å². The Morgan fingerprint density at radius 3 is 2.89 bits per heavy atom. The van der Waals surface area contributed by atoms with E-state index in [0.29, 0.717) is 28.3 Å². The Balaban J connectivity index is 1.53. The second-order valence-corrected chi connectivity index (χ2v) is 6.09. The number of nitriles is 1. The zero-order valence-corrected chi connectivity index (χ0v) is 15.0. The predicted molar refractivity (Wildman–Crippen MR) is 103 cm³/mol. The summed E-state index contributed by atoms with van der Waals surface area (Å²) in [5, 5.41) is 12.0. The van der Waals surface area contributed by atoms with Crippen molar-refractivity contribution in [3.63, 3.8) is 0 Å². The summed E-state index contributed by atoms with van der Waals surface area (Å²) in [5.41, 5.74) is 2.85. The van der Waals surface area contributed by atoms with Gasteiger partial charge in [-0.05, 0) is 55.0 Å². The molecule has 4 aromatic rings. The number of hydrogen-bond donors (Lipinski definition) is 1. The lowest BCUT2D eigenvalue weighted by molar-refractivity contribution is 0.102. The van der Waals surface area contributed by atoms with E-state index in [1.54, 1.807) is 47.1 Å². The lowest BCUT2D eigenvalue weighted by atomic mass is 10.2. The molecule has 4 rings (SSSR count). The molecule has 7 nitrogen and oxygen atoms in total. The zero-order chi connectivity index (χ0) is 19.5. The van der Waals surface area contributed by atoms with E-state index in [-0.39, 0.29) is 11.8 Å². The molecule has 0 saturated carbocycles. The zero-order valence-electron chi connectivity index (χ0n) is 15.0. The van der Waals surface area contributed by atoms with Crippen LogP contribution in [0.3, 0.4) is 0 Å². The van der Waals surface area contributed by atoms with E-state index in [4.69, 9.17) is 10.00 Å². The molecule has 0 saturated heterocycles. The standard InChI is InChI=1S/C21H15N5O2/c1-14-11-16(28-21-15(12-22)5-4-9-23-21)7-8-17(14)25-20(27)18-13-26-10-3-2-6-19(26)24-18/h2-11,13H,1H3,(H,25,27). The number of nitrogens with zero attached hydrogens (tertiary/aromatic N) is 4. The van der Waals surface area contributed by atoms with Crippen molar-refractivity contribution in [2.24, 2.45) is 0 Å². The third-order valence-corrected chi connectivity index (χ3v) is 4.15. The number of carbonyl (C=O) groups excluding carboxylic acids is 1. The van der Waals surface area contributed by atoms with Gasteiger partial charge in [-0.25, -0.2) is 9.97 Å². The van der Waals surface area contributed by atoms with Crippen molar-refractivity contribution >= 4 is 17.2 Å². The van der Waals surface area contributed by atoms with Crippen LogP contribution in [0.2, 0.25) is 0 Å². The summed E-state index contributed by atoms with van der Waals surface area (Å²) in [6, 6.07) is 16.2. The molecule has 0 radical (unpaired) electrons. The number of amides is 1. The first-order chi connectivity index (χ1) is 13.6. The molecule has 0 aliphatic heterocycles. The normalized spacial score (nSPS) is 10.4. The molecule has 0 fully saturated rings. The maximum atomic E-state index is 12.5. The number of carbonyl (C=O) groups is 1. The number of nitrogens with one attached hydrogen (secondary N) is 1. The van der Waals surface area contributed by atoms with E-state index in [1.165, 1.54) is 0 Å². The summed E-state index contributed by atoms with van der Waals surface area (Å²) < 4.78 is 7.49. The average Bonchev–Trinajstić information content (AvgIpc) is 3.15. The number of fused-ring (bicyclic) bond motifs is 1. The number of anilines is 1. The van der Waals surface area contributed by atoms with Crippen LogP contribution in [-0.4, -0.2) is 20.3 Å². The quantitative estimate of drug-likeness (QED) is 0.588. The topological polar surface area (TPSA) is 92.3 Å². The highest BCUT2D eigenvalue weighted by atomic mass is 16.5. The van der Waals surface area contributed by atoms with Gasteiger partial charge in [-0.3, -0.25) is 4.79 Å². The molecule has 1 aromatic carbocycles. The molecule has 0 aliphatic rings. The van der Waals surface area contributed by atoms with Gasteiger partial charge in [0.25, 0.3) is 5.91 Å². The molecule has 0 aliphatic carbocycles. The fourth-order valence-electron chi connectivity index (χ4n) is 2.74.